The lowest BCUT2D eigenvalue weighted by Crippen LogP contribution is -2.23. The van der Waals surface area contributed by atoms with Crippen LogP contribution in [0.4, 0.5) is 0 Å². The molecule has 0 bridgehead atoms. The van der Waals surface area contributed by atoms with Crippen molar-refractivity contribution in [2.45, 2.75) is 44.3 Å². The normalized spacial score (nSPS) is 23.6. The van der Waals surface area contributed by atoms with Gasteiger partial charge in [0, 0.05) is 11.1 Å². The van der Waals surface area contributed by atoms with E-state index in [0.717, 1.165) is 42.3 Å². The Bertz CT molecular complexity index is 370. The number of ether oxygens (including phenoxy) is 1. The van der Waals surface area contributed by atoms with Crippen molar-refractivity contribution in [3.63, 3.8) is 0 Å². The standard InChI is InChI=1S/C14H19BrO2/c1-14(16,9-8-11-5-4-10-17-11)12-6-2-3-7-13(12)15/h2-3,6-7,11,16H,4-5,8-10H2,1H3. The van der Waals surface area contributed by atoms with Crippen molar-refractivity contribution in [3.8, 4) is 0 Å². The number of halogens is 1. The molecule has 1 heterocycles. The van der Waals surface area contributed by atoms with E-state index in [4.69, 9.17) is 4.74 Å². The van der Waals surface area contributed by atoms with Crippen LogP contribution in [0, 0.1) is 0 Å². The van der Waals surface area contributed by atoms with Gasteiger partial charge in [-0.05, 0) is 44.2 Å². The van der Waals surface area contributed by atoms with Crippen LogP contribution in [-0.2, 0) is 10.3 Å². The summed E-state index contributed by atoms with van der Waals surface area (Å²) in [4.78, 5) is 0. The Morgan fingerprint density at radius 1 is 1.47 bits per heavy atom. The molecular formula is C14H19BrO2. The van der Waals surface area contributed by atoms with Crippen molar-refractivity contribution in [1.82, 2.24) is 0 Å². The fraction of sp³-hybridized carbons (Fsp3) is 0.571. The molecule has 17 heavy (non-hydrogen) atoms. The third kappa shape index (κ3) is 3.30. The predicted octanol–water partition coefficient (Wildman–Crippen LogP) is 3.62. The molecule has 1 N–H and O–H groups in total. The molecule has 0 radical (unpaired) electrons. The van der Waals surface area contributed by atoms with Gasteiger partial charge in [0.2, 0.25) is 0 Å². The number of hydrogen-bond donors (Lipinski definition) is 1. The van der Waals surface area contributed by atoms with Gasteiger partial charge < -0.3 is 9.84 Å². The lowest BCUT2D eigenvalue weighted by atomic mass is 9.89. The molecule has 1 fully saturated rings. The molecule has 2 rings (SSSR count). The topological polar surface area (TPSA) is 29.5 Å². The van der Waals surface area contributed by atoms with Crippen molar-refractivity contribution >= 4 is 15.9 Å². The van der Waals surface area contributed by atoms with Gasteiger partial charge in [0.25, 0.3) is 0 Å². The number of rotatable bonds is 4. The molecule has 0 aromatic heterocycles. The van der Waals surface area contributed by atoms with Crippen LogP contribution in [0.25, 0.3) is 0 Å². The highest BCUT2D eigenvalue weighted by Gasteiger charge is 2.27. The zero-order chi connectivity index (χ0) is 12.3. The summed E-state index contributed by atoms with van der Waals surface area (Å²) in [5.41, 5.74) is 0.171. The maximum atomic E-state index is 10.5. The van der Waals surface area contributed by atoms with Crippen molar-refractivity contribution in [3.05, 3.63) is 34.3 Å². The Morgan fingerprint density at radius 2 is 2.24 bits per heavy atom. The lowest BCUT2D eigenvalue weighted by molar-refractivity contribution is 0.0215. The van der Waals surface area contributed by atoms with Crippen LogP contribution in [0.5, 0.6) is 0 Å². The smallest absolute Gasteiger partial charge is 0.0880 e. The predicted molar refractivity (Wildman–Crippen MR) is 71.9 cm³/mol. The van der Waals surface area contributed by atoms with Gasteiger partial charge in [0.05, 0.1) is 11.7 Å². The van der Waals surface area contributed by atoms with Crippen molar-refractivity contribution in [2.75, 3.05) is 6.61 Å². The average Bonchev–Trinajstić information content (AvgIpc) is 2.80. The van der Waals surface area contributed by atoms with Gasteiger partial charge in [-0.25, -0.2) is 0 Å². The second-order valence-electron chi connectivity index (χ2n) is 4.93. The SMILES string of the molecule is CC(O)(CCC1CCCO1)c1ccccc1Br. The summed E-state index contributed by atoms with van der Waals surface area (Å²) in [7, 11) is 0. The summed E-state index contributed by atoms with van der Waals surface area (Å²) in [5, 5.41) is 10.5. The molecule has 1 aliphatic heterocycles. The molecule has 0 spiro atoms. The first kappa shape index (κ1) is 13.1. The van der Waals surface area contributed by atoms with E-state index in [2.05, 4.69) is 15.9 Å². The highest BCUT2D eigenvalue weighted by Crippen LogP contribution is 2.33. The van der Waals surface area contributed by atoms with Crippen LogP contribution in [0.15, 0.2) is 28.7 Å². The highest BCUT2D eigenvalue weighted by molar-refractivity contribution is 9.10. The zero-order valence-corrected chi connectivity index (χ0v) is 11.7. The van der Waals surface area contributed by atoms with Gasteiger partial charge >= 0.3 is 0 Å². The molecule has 1 aromatic rings. The Kier molecular flexibility index (Phi) is 4.23. The molecule has 0 amide bonds. The first-order valence-electron chi connectivity index (χ1n) is 6.18. The first-order chi connectivity index (χ1) is 8.09. The van der Waals surface area contributed by atoms with Crippen LogP contribution >= 0.6 is 15.9 Å². The van der Waals surface area contributed by atoms with Crippen LogP contribution in [-0.4, -0.2) is 17.8 Å². The average molecular weight is 299 g/mol. The molecule has 0 aliphatic carbocycles. The van der Waals surface area contributed by atoms with E-state index in [1.807, 2.05) is 31.2 Å². The molecule has 3 heteroatoms. The Morgan fingerprint density at radius 3 is 2.88 bits per heavy atom. The summed E-state index contributed by atoms with van der Waals surface area (Å²) in [5.74, 6) is 0. The molecule has 1 saturated heterocycles. The summed E-state index contributed by atoms with van der Waals surface area (Å²) in [6.45, 7) is 2.75. The van der Waals surface area contributed by atoms with Gasteiger partial charge in [0.15, 0.2) is 0 Å². The quantitative estimate of drug-likeness (QED) is 0.920. The monoisotopic (exact) mass is 298 g/mol. The van der Waals surface area contributed by atoms with E-state index in [1.165, 1.54) is 0 Å². The molecular weight excluding hydrogens is 280 g/mol. The maximum Gasteiger partial charge on any atom is 0.0880 e. The van der Waals surface area contributed by atoms with E-state index >= 15 is 0 Å². The minimum absolute atomic E-state index is 0.337. The lowest BCUT2D eigenvalue weighted by Gasteiger charge is -2.26. The molecule has 2 atom stereocenters. The summed E-state index contributed by atoms with van der Waals surface area (Å²) in [6.07, 6.45) is 4.28. The van der Waals surface area contributed by atoms with Crippen LogP contribution < -0.4 is 0 Å². The van der Waals surface area contributed by atoms with Crippen LogP contribution in [0.2, 0.25) is 0 Å². The van der Waals surface area contributed by atoms with Gasteiger partial charge in [-0.15, -0.1) is 0 Å². The van der Waals surface area contributed by atoms with E-state index < -0.39 is 5.60 Å². The van der Waals surface area contributed by atoms with E-state index in [0.29, 0.717) is 6.10 Å². The van der Waals surface area contributed by atoms with E-state index in [-0.39, 0.29) is 0 Å². The fourth-order valence-electron chi connectivity index (χ4n) is 2.35. The fourth-order valence-corrected chi connectivity index (χ4v) is 3.06. The first-order valence-corrected chi connectivity index (χ1v) is 6.98. The third-order valence-corrected chi connectivity index (χ3v) is 4.12. The van der Waals surface area contributed by atoms with Gasteiger partial charge in [-0.2, -0.15) is 0 Å². The van der Waals surface area contributed by atoms with Crippen molar-refractivity contribution in [1.29, 1.82) is 0 Å². The van der Waals surface area contributed by atoms with Gasteiger partial charge in [-0.1, -0.05) is 34.1 Å². The number of benzene rings is 1. The Labute approximate surface area is 111 Å². The second kappa shape index (κ2) is 5.51. The highest BCUT2D eigenvalue weighted by atomic mass is 79.9. The molecule has 94 valence electrons. The zero-order valence-electron chi connectivity index (χ0n) is 10.2. The Hall–Kier alpha value is -0.380. The third-order valence-electron chi connectivity index (χ3n) is 3.43. The van der Waals surface area contributed by atoms with E-state index in [9.17, 15) is 5.11 Å². The summed E-state index contributed by atoms with van der Waals surface area (Å²) in [6, 6.07) is 7.86. The molecule has 1 aromatic carbocycles. The molecule has 0 saturated carbocycles. The van der Waals surface area contributed by atoms with Crippen molar-refractivity contribution < 1.29 is 9.84 Å². The second-order valence-corrected chi connectivity index (χ2v) is 5.78. The van der Waals surface area contributed by atoms with E-state index in [1.54, 1.807) is 0 Å². The van der Waals surface area contributed by atoms with Gasteiger partial charge in [0.1, 0.15) is 0 Å². The minimum Gasteiger partial charge on any atom is -0.385 e. The Balaban J connectivity index is 2.00. The summed E-state index contributed by atoms with van der Waals surface area (Å²) >= 11 is 3.49. The molecule has 2 unspecified atom stereocenters. The molecule has 2 nitrogen and oxygen atoms in total. The molecule has 1 aliphatic rings. The van der Waals surface area contributed by atoms with Gasteiger partial charge in [-0.3, -0.25) is 0 Å². The largest absolute Gasteiger partial charge is 0.385 e. The van der Waals surface area contributed by atoms with Crippen molar-refractivity contribution in [2.24, 2.45) is 0 Å². The number of aliphatic hydroxyl groups is 1. The minimum atomic E-state index is -0.786. The maximum absolute atomic E-state index is 10.5. The van der Waals surface area contributed by atoms with Crippen LogP contribution in [0.3, 0.4) is 0 Å². The summed E-state index contributed by atoms with van der Waals surface area (Å²) < 4.78 is 6.56. The van der Waals surface area contributed by atoms with Crippen LogP contribution in [0.1, 0.15) is 38.2 Å². The number of hydrogen-bond acceptors (Lipinski definition) is 2.